The van der Waals surface area contributed by atoms with Crippen LogP contribution < -0.4 is 4.72 Å². The highest BCUT2D eigenvalue weighted by Crippen LogP contribution is 2.19. The Bertz CT molecular complexity index is 1020. The summed E-state index contributed by atoms with van der Waals surface area (Å²) in [6.07, 6.45) is 0. The van der Waals surface area contributed by atoms with E-state index in [0.717, 1.165) is 17.2 Å². The van der Waals surface area contributed by atoms with Crippen molar-refractivity contribution in [1.82, 2.24) is 14.9 Å². The summed E-state index contributed by atoms with van der Waals surface area (Å²) in [4.78, 5) is -0.0233. The fourth-order valence-electron chi connectivity index (χ4n) is 2.24. The van der Waals surface area contributed by atoms with E-state index in [1.165, 1.54) is 19.1 Å². The van der Waals surface area contributed by atoms with E-state index in [4.69, 9.17) is 4.42 Å². The van der Waals surface area contributed by atoms with Crippen LogP contribution in [0.3, 0.4) is 0 Å². The number of hydrogen-bond donors (Lipinski definition) is 1. The van der Waals surface area contributed by atoms with Crippen LogP contribution in [0.2, 0.25) is 0 Å². The first-order valence-corrected chi connectivity index (χ1v) is 8.99. The maximum atomic E-state index is 13.3. The Morgan fingerprint density at radius 2 is 1.92 bits per heavy atom. The molecule has 0 atom stereocenters. The summed E-state index contributed by atoms with van der Waals surface area (Å²) in [5, 5.41) is 7.77. The lowest BCUT2D eigenvalue weighted by atomic mass is 10.1. The highest BCUT2D eigenvalue weighted by atomic mass is 32.2. The first kappa shape index (κ1) is 17.2. The van der Waals surface area contributed by atoms with Crippen molar-refractivity contribution in [3.05, 3.63) is 65.3 Å². The van der Waals surface area contributed by atoms with Crippen molar-refractivity contribution >= 4 is 10.0 Å². The van der Waals surface area contributed by atoms with Crippen LogP contribution in [0.1, 0.15) is 17.0 Å². The molecule has 0 aliphatic rings. The molecule has 2 aromatic carbocycles. The van der Waals surface area contributed by atoms with Crippen LogP contribution in [0.15, 0.2) is 51.8 Å². The molecule has 3 rings (SSSR count). The monoisotopic (exact) mass is 361 g/mol. The molecule has 1 aromatic heterocycles. The number of nitrogens with zero attached hydrogens (tertiary/aromatic N) is 2. The van der Waals surface area contributed by atoms with E-state index in [9.17, 15) is 12.8 Å². The third-order valence-electron chi connectivity index (χ3n) is 3.58. The van der Waals surface area contributed by atoms with E-state index >= 15 is 0 Å². The van der Waals surface area contributed by atoms with Crippen LogP contribution in [0, 0.1) is 19.7 Å². The Morgan fingerprint density at radius 3 is 2.64 bits per heavy atom. The van der Waals surface area contributed by atoms with Gasteiger partial charge in [-0.25, -0.2) is 17.5 Å². The van der Waals surface area contributed by atoms with Gasteiger partial charge in [-0.2, -0.15) is 0 Å². The molecule has 0 amide bonds. The Balaban J connectivity index is 1.74. The van der Waals surface area contributed by atoms with Crippen LogP contribution in [0.25, 0.3) is 11.5 Å². The maximum absolute atomic E-state index is 13.3. The number of rotatable bonds is 5. The van der Waals surface area contributed by atoms with Gasteiger partial charge in [0.1, 0.15) is 5.82 Å². The topological polar surface area (TPSA) is 85.1 Å². The summed E-state index contributed by atoms with van der Waals surface area (Å²) in [5.74, 6) is -0.00640. The number of halogens is 1. The van der Waals surface area contributed by atoms with Gasteiger partial charge >= 0.3 is 0 Å². The Hall–Kier alpha value is -2.58. The number of nitrogens with one attached hydrogen (secondary N) is 1. The standard InChI is InChI=1S/C17H16FN3O3S/c1-11-4-3-5-13(8-11)17-21-20-16(24-17)10-19-25(22,23)14-6-7-15(18)12(2)9-14/h3-9,19H,10H2,1-2H3. The van der Waals surface area contributed by atoms with Gasteiger partial charge in [-0.15, -0.1) is 10.2 Å². The molecule has 3 aromatic rings. The normalized spacial score (nSPS) is 11.6. The first-order chi connectivity index (χ1) is 11.8. The second-order valence-electron chi connectivity index (χ2n) is 5.61. The Labute approximate surface area is 144 Å². The molecule has 1 heterocycles. The van der Waals surface area contributed by atoms with Gasteiger partial charge in [0.25, 0.3) is 0 Å². The Kier molecular flexibility index (Phi) is 4.65. The number of aryl methyl sites for hydroxylation is 2. The second kappa shape index (κ2) is 6.73. The average molecular weight is 361 g/mol. The minimum atomic E-state index is -3.80. The second-order valence-corrected chi connectivity index (χ2v) is 7.37. The molecule has 0 aliphatic carbocycles. The molecule has 0 aliphatic heterocycles. The zero-order valence-electron chi connectivity index (χ0n) is 13.7. The molecule has 0 spiro atoms. The summed E-state index contributed by atoms with van der Waals surface area (Å²) >= 11 is 0. The molecular weight excluding hydrogens is 345 g/mol. The highest BCUT2D eigenvalue weighted by Gasteiger charge is 2.17. The van der Waals surface area contributed by atoms with E-state index in [-0.39, 0.29) is 22.9 Å². The predicted octanol–water partition coefficient (Wildman–Crippen LogP) is 2.97. The van der Waals surface area contributed by atoms with Crippen molar-refractivity contribution in [2.24, 2.45) is 0 Å². The summed E-state index contributed by atoms with van der Waals surface area (Å²) in [5.41, 5.74) is 2.06. The molecule has 0 saturated carbocycles. The lowest BCUT2D eigenvalue weighted by Gasteiger charge is -2.06. The SMILES string of the molecule is Cc1cccc(-c2nnc(CNS(=O)(=O)c3ccc(F)c(C)c3)o2)c1. The molecular formula is C17H16FN3O3S. The molecule has 0 fully saturated rings. The minimum Gasteiger partial charge on any atom is -0.419 e. The molecule has 8 heteroatoms. The number of aromatic nitrogens is 2. The van der Waals surface area contributed by atoms with Crippen molar-refractivity contribution in [3.63, 3.8) is 0 Å². The summed E-state index contributed by atoms with van der Waals surface area (Å²) in [6, 6.07) is 11.1. The first-order valence-electron chi connectivity index (χ1n) is 7.50. The zero-order chi connectivity index (χ0) is 18.0. The van der Waals surface area contributed by atoms with E-state index in [2.05, 4.69) is 14.9 Å². The molecule has 0 radical (unpaired) electrons. The van der Waals surface area contributed by atoms with Crippen molar-refractivity contribution in [3.8, 4) is 11.5 Å². The van der Waals surface area contributed by atoms with Crippen LogP contribution >= 0.6 is 0 Å². The average Bonchev–Trinajstić information content (AvgIpc) is 3.05. The van der Waals surface area contributed by atoms with E-state index in [1.54, 1.807) is 0 Å². The summed E-state index contributed by atoms with van der Waals surface area (Å²) < 4.78 is 45.7. The van der Waals surface area contributed by atoms with Gasteiger partial charge in [-0.05, 0) is 49.7 Å². The fraction of sp³-hybridized carbons (Fsp3) is 0.176. The van der Waals surface area contributed by atoms with Gasteiger partial charge in [0.05, 0.1) is 11.4 Å². The molecule has 130 valence electrons. The van der Waals surface area contributed by atoms with Crippen LogP contribution in [0.4, 0.5) is 4.39 Å². The van der Waals surface area contributed by atoms with E-state index < -0.39 is 15.8 Å². The van der Waals surface area contributed by atoms with Gasteiger partial charge in [-0.1, -0.05) is 17.7 Å². The quantitative estimate of drug-likeness (QED) is 0.755. The van der Waals surface area contributed by atoms with Crippen LogP contribution in [0.5, 0.6) is 0 Å². The molecule has 25 heavy (non-hydrogen) atoms. The highest BCUT2D eigenvalue weighted by molar-refractivity contribution is 7.89. The van der Waals surface area contributed by atoms with E-state index in [0.29, 0.717) is 5.89 Å². The van der Waals surface area contributed by atoms with Crippen molar-refractivity contribution in [1.29, 1.82) is 0 Å². The summed E-state index contributed by atoms with van der Waals surface area (Å²) in [6.45, 7) is 3.29. The number of sulfonamides is 1. The maximum Gasteiger partial charge on any atom is 0.247 e. The molecule has 6 nitrogen and oxygen atoms in total. The smallest absolute Gasteiger partial charge is 0.247 e. The molecule has 0 bridgehead atoms. The van der Waals surface area contributed by atoms with Crippen LogP contribution in [-0.4, -0.2) is 18.6 Å². The number of benzene rings is 2. The lowest BCUT2D eigenvalue weighted by Crippen LogP contribution is -2.23. The molecule has 1 N–H and O–H groups in total. The van der Waals surface area contributed by atoms with Crippen LogP contribution in [-0.2, 0) is 16.6 Å². The minimum absolute atomic E-state index is 0.0233. The molecule has 0 saturated heterocycles. The number of hydrogen-bond acceptors (Lipinski definition) is 5. The van der Waals surface area contributed by atoms with Gasteiger partial charge < -0.3 is 4.42 Å². The van der Waals surface area contributed by atoms with Gasteiger partial charge in [0.15, 0.2) is 0 Å². The molecule has 0 unspecified atom stereocenters. The van der Waals surface area contributed by atoms with Gasteiger partial charge in [0, 0.05) is 5.56 Å². The lowest BCUT2D eigenvalue weighted by molar-refractivity contribution is 0.494. The van der Waals surface area contributed by atoms with Crippen molar-refractivity contribution in [2.75, 3.05) is 0 Å². The Morgan fingerprint density at radius 1 is 1.12 bits per heavy atom. The fourth-order valence-corrected chi connectivity index (χ4v) is 3.30. The van der Waals surface area contributed by atoms with E-state index in [1.807, 2.05) is 31.2 Å². The van der Waals surface area contributed by atoms with Crippen molar-refractivity contribution < 1.29 is 17.2 Å². The van der Waals surface area contributed by atoms with Gasteiger partial charge in [0.2, 0.25) is 21.8 Å². The third-order valence-corrected chi connectivity index (χ3v) is 4.98. The zero-order valence-corrected chi connectivity index (χ0v) is 14.5. The third kappa shape index (κ3) is 3.92. The predicted molar refractivity (Wildman–Crippen MR) is 89.6 cm³/mol. The summed E-state index contributed by atoms with van der Waals surface area (Å²) in [7, 11) is -3.80. The van der Waals surface area contributed by atoms with Gasteiger partial charge in [-0.3, -0.25) is 0 Å². The van der Waals surface area contributed by atoms with Crippen molar-refractivity contribution in [2.45, 2.75) is 25.3 Å². The largest absolute Gasteiger partial charge is 0.419 e.